The minimum Gasteiger partial charge on any atom is -0.488 e. The summed E-state index contributed by atoms with van der Waals surface area (Å²) >= 11 is 0. The number of aryl methyl sites for hydroxylation is 2. The van der Waals surface area contributed by atoms with Gasteiger partial charge in [-0.25, -0.2) is 0 Å². The van der Waals surface area contributed by atoms with E-state index in [1.165, 1.54) is 0 Å². The number of anilines is 1. The number of fused-ring (bicyclic) bond motifs is 1. The van der Waals surface area contributed by atoms with Crippen LogP contribution in [0.4, 0.5) is 5.69 Å². The molecule has 0 aliphatic carbocycles. The summed E-state index contributed by atoms with van der Waals surface area (Å²) in [5.74, 6) is 0.838. The van der Waals surface area contributed by atoms with Gasteiger partial charge in [-0.15, -0.1) is 0 Å². The van der Waals surface area contributed by atoms with Crippen LogP contribution in [0.15, 0.2) is 42.5 Å². The average molecular weight is 295 g/mol. The lowest BCUT2D eigenvalue weighted by Crippen LogP contribution is -2.32. The fourth-order valence-corrected chi connectivity index (χ4v) is 2.73. The number of carbonyl (C=O) groups excluding carboxylic acids is 1. The highest BCUT2D eigenvalue weighted by atomic mass is 16.5. The zero-order chi connectivity index (χ0) is 15.7. The van der Waals surface area contributed by atoms with Gasteiger partial charge < -0.3 is 10.1 Å². The van der Waals surface area contributed by atoms with E-state index in [9.17, 15) is 4.79 Å². The highest BCUT2D eigenvalue weighted by Crippen LogP contribution is 2.34. The van der Waals surface area contributed by atoms with E-state index in [1.54, 1.807) is 0 Å². The van der Waals surface area contributed by atoms with Crippen molar-refractivity contribution in [2.45, 2.75) is 39.2 Å². The molecule has 3 rings (SSSR count). The van der Waals surface area contributed by atoms with Gasteiger partial charge in [0.1, 0.15) is 11.4 Å². The van der Waals surface area contributed by atoms with Crippen molar-refractivity contribution in [3.8, 4) is 5.75 Å². The maximum atomic E-state index is 12.3. The van der Waals surface area contributed by atoms with Crippen molar-refractivity contribution >= 4 is 11.6 Å². The second-order valence-corrected chi connectivity index (χ2v) is 6.51. The van der Waals surface area contributed by atoms with E-state index < -0.39 is 0 Å². The molecule has 0 unspecified atom stereocenters. The van der Waals surface area contributed by atoms with Crippen LogP contribution < -0.4 is 10.1 Å². The molecule has 0 saturated heterocycles. The van der Waals surface area contributed by atoms with E-state index in [2.05, 4.69) is 19.2 Å². The molecule has 0 spiro atoms. The minimum absolute atomic E-state index is 0.0827. The second-order valence-electron chi connectivity index (χ2n) is 6.51. The molecule has 1 aliphatic rings. The Labute approximate surface area is 131 Å². The lowest BCUT2D eigenvalue weighted by Gasteiger charge is -2.32. The first-order chi connectivity index (χ1) is 10.4. The van der Waals surface area contributed by atoms with Crippen LogP contribution in [-0.4, -0.2) is 11.5 Å². The molecule has 1 aliphatic heterocycles. The van der Waals surface area contributed by atoms with Crippen molar-refractivity contribution in [2.75, 3.05) is 5.32 Å². The molecular formula is C19H21NO2. The fourth-order valence-electron chi connectivity index (χ4n) is 2.73. The van der Waals surface area contributed by atoms with Crippen LogP contribution in [0.1, 0.15) is 41.8 Å². The summed E-state index contributed by atoms with van der Waals surface area (Å²) in [5, 5.41) is 2.96. The van der Waals surface area contributed by atoms with Gasteiger partial charge >= 0.3 is 0 Å². The molecule has 1 heterocycles. The van der Waals surface area contributed by atoms with Crippen molar-refractivity contribution in [1.29, 1.82) is 0 Å². The van der Waals surface area contributed by atoms with Crippen molar-refractivity contribution in [2.24, 2.45) is 0 Å². The highest BCUT2D eigenvalue weighted by Gasteiger charge is 2.26. The molecule has 0 aromatic heterocycles. The Balaban J connectivity index is 1.78. The van der Waals surface area contributed by atoms with Crippen molar-refractivity contribution in [1.82, 2.24) is 0 Å². The van der Waals surface area contributed by atoms with Gasteiger partial charge in [-0.2, -0.15) is 0 Å². The maximum Gasteiger partial charge on any atom is 0.255 e. The van der Waals surface area contributed by atoms with Gasteiger partial charge in [-0.1, -0.05) is 17.7 Å². The van der Waals surface area contributed by atoms with Crippen LogP contribution in [0.3, 0.4) is 0 Å². The van der Waals surface area contributed by atoms with Crippen LogP contribution >= 0.6 is 0 Å². The molecule has 0 bridgehead atoms. The Hall–Kier alpha value is -2.29. The van der Waals surface area contributed by atoms with Gasteiger partial charge in [0.2, 0.25) is 0 Å². The van der Waals surface area contributed by atoms with Gasteiger partial charge in [-0.05, 0) is 69.5 Å². The zero-order valence-corrected chi connectivity index (χ0v) is 13.3. The van der Waals surface area contributed by atoms with Gasteiger partial charge in [0.25, 0.3) is 5.91 Å². The fraction of sp³-hybridized carbons (Fsp3) is 0.316. The van der Waals surface area contributed by atoms with Crippen LogP contribution in [0.5, 0.6) is 5.75 Å². The second kappa shape index (κ2) is 5.48. The number of rotatable bonds is 2. The zero-order valence-electron chi connectivity index (χ0n) is 13.3. The molecule has 2 aromatic carbocycles. The minimum atomic E-state index is -0.112. The molecule has 0 radical (unpaired) electrons. The molecule has 1 N–H and O–H groups in total. The first kappa shape index (κ1) is 14.6. The predicted octanol–water partition coefficient (Wildman–Crippen LogP) is 4.35. The molecule has 2 aromatic rings. The molecule has 1 amide bonds. The largest absolute Gasteiger partial charge is 0.488 e. The van der Waals surface area contributed by atoms with Crippen LogP contribution in [0.25, 0.3) is 0 Å². The van der Waals surface area contributed by atoms with E-state index in [1.807, 2.05) is 49.4 Å². The van der Waals surface area contributed by atoms with Crippen molar-refractivity contribution < 1.29 is 9.53 Å². The molecule has 0 atom stereocenters. The Bertz CT molecular complexity index is 719. The van der Waals surface area contributed by atoms with E-state index in [0.29, 0.717) is 5.56 Å². The number of amides is 1. The summed E-state index contributed by atoms with van der Waals surface area (Å²) < 4.78 is 5.97. The van der Waals surface area contributed by atoms with Crippen LogP contribution in [-0.2, 0) is 6.42 Å². The lowest BCUT2D eigenvalue weighted by atomic mass is 9.94. The van der Waals surface area contributed by atoms with Crippen LogP contribution in [0, 0.1) is 6.92 Å². The number of benzene rings is 2. The number of hydrogen-bond acceptors (Lipinski definition) is 2. The Morgan fingerprint density at radius 1 is 1.18 bits per heavy atom. The quantitative estimate of drug-likeness (QED) is 0.894. The molecule has 0 fully saturated rings. The predicted molar refractivity (Wildman–Crippen MR) is 88.6 cm³/mol. The number of ether oxygens (including phenoxy) is 1. The maximum absolute atomic E-state index is 12.3. The van der Waals surface area contributed by atoms with E-state index >= 15 is 0 Å². The van der Waals surface area contributed by atoms with Crippen molar-refractivity contribution in [3.05, 3.63) is 59.2 Å². The van der Waals surface area contributed by atoms with E-state index in [-0.39, 0.29) is 11.5 Å². The monoisotopic (exact) mass is 295 g/mol. The molecule has 22 heavy (non-hydrogen) atoms. The third-order valence-electron chi connectivity index (χ3n) is 3.98. The third-order valence-corrected chi connectivity index (χ3v) is 3.98. The van der Waals surface area contributed by atoms with Gasteiger partial charge in [0, 0.05) is 11.3 Å². The van der Waals surface area contributed by atoms with E-state index in [0.717, 1.165) is 35.4 Å². The normalized spacial score (nSPS) is 15.6. The first-order valence-electron chi connectivity index (χ1n) is 7.63. The average Bonchev–Trinajstić information content (AvgIpc) is 2.47. The Morgan fingerprint density at radius 3 is 2.77 bits per heavy atom. The summed E-state index contributed by atoms with van der Waals surface area (Å²) in [5.41, 5.74) is 3.61. The molecular weight excluding hydrogens is 274 g/mol. The standard InChI is InChI=1S/C19H21NO2/c1-13-5-4-6-15(11-13)18(21)20-16-7-8-17-14(12-16)9-10-19(2,3)22-17/h4-8,11-12H,9-10H2,1-3H3,(H,20,21). The Morgan fingerprint density at radius 2 is 2.00 bits per heavy atom. The van der Waals surface area contributed by atoms with Crippen LogP contribution in [0.2, 0.25) is 0 Å². The summed E-state index contributed by atoms with van der Waals surface area (Å²) in [6, 6.07) is 13.4. The summed E-state index contributed by atoms with van der Waals surface area (Å²) in [6.45, 7) is 6.18. The molecule has 3 nitrogen and oxygen atoms in total. The number of carbonyl (C=O) groups is 1. The summed E-state index contributed by atoms with van der Waals surface area (Å²) in [7, 11) is 0. The molecule has 114 valence electrons. The molecule has 0 saturated carbocycles. The summed E-state index contributed by atoms with van der Waals surface area (Å²) in [6.07, 6.45) is 1.95. The molecule has 3 heteroatoms. The smallest absolute Gasteiger partial charge is 0.255 e. The van der Waals surface area contributed by atoms with Crippen molar-refractivity contribution in [3.63, 3.8) is 0 Å². The highest BCUT2D eigenvalue weighted by molar-refractivity contribution is 6.04. The Kier molecular flexibility index (Phi) is 3.65. The number of hydrogen-bond donors (Lipinski definition) is 1. The topological polar surface area (TPSA) is 38.3 Å². The number of nitrogens with one attached hydrogen (secondary N) is 1. The lowest BCUT2D eigenvalue weighted by molar-refractivity contribution is 0.0847. The van der Waals surface area contributed by atoms with Gasteiger partial charge in [0.15, 0.2) is 0 Å². The van der Waals surface area contributed by atoms with E-state index in [4.69, 9.17) is 4.74 Å². The van der Waals surface area contributed by atoms with Gasteiger partial charge in [0.05, 0.1) is 0 Å². The first-order valence-corrected chi connectivity index (χ1v) is 7.63. The third kappa shape index (κ3) is 3.14. The van der Waals surface area contributed by atoms with Gasteiger partial charge in [-0.3, -0.25) is 4.79 Å². The summed E-state index contributed by atoms with van der Waals surface area (Å²) in [4.78, 5) is 12.3. The SMILES string of the molecule is Cc1cccc(C(=O)Nc2ccc3c(c2)CCC(C)(C)O3)c1.